The molecule has 0 heterocycles. The van der Waals surface area contributed by atoms with E-state index in [4.69, 9.17) is 15.0 Å². The second kappa shape index (κ2) is 20.7. The summed E-state index contributed by atoms with van der Waals surface area (Å²) in [5.74, 6) is -4.79. The van der Waals surface area contributed by atoms with Gasteiger partial charge in [0.2, 0.25) is 0 Å². The standard InChI is InChI=1S/C20H32N4O8.C2H6.CH2O2/c1-3-22(9-17(25)26)13-24(12-20(31)32)16(23(10-18(27)28)11-19(29)30)8-14-4-6-15(21-2)7-5-14;1-2;2-1-3/h4,6,16,21H,3,5,7-13H2,1-2H3,(H,25,26)(H,27,28)(H,29,30)(H,31,32);1-2H3;1H,(H,2,3). The van der Waals surface area contributed by atoms with E-state index in [1.165, 1.54) is 14.7 Å². The highest BCUT2D eigenvalue weighted by Crippen LogP contribution is 2.24. The number of aliphatic carboxylic acids is 4. The highest BCUT2D eigenvalue weighted by Gasteiger charge is 2.32. The Hall–Kier alpha value is -3.49. The van der Waals surface area contributed by atoms with E-state index in [1.807, 2.05) is 26.0 Å². The molecule has 0 spiro atoms. The van der Waals surface area contributed by atoms with E-state index in [9.17, 15) is 34.5 Å². The van der Waals surface area contributed by atoms with Crippen molar-refractivity contribution in [2.24, 2.45) is 0 Å². The smallest absolute Gasteiger partial charge is 0.317 e. The average molecular weight is 533 g/mol. The van der Waals surface area contributed by atoms with E-state index in [0.29, 0.717) is 19.4 Å². The molecular weight excluding hydrogens is 492 g/mol. The lowest BCUT2D eigenvalue weighted by Crippen LogP contribution is -2.56. The summed E-state index contributed by atoms with van der Waals surface area (Å²) in [4.78, 5) is 58.1. The van der Waals surface area contributed by atoms with E-state index in [1.54, 1.807) is 14.0 Å². The van der Waals surface area contributed by atoms with E-state index in [2.05, 4.69) is 5.32 Å². The van der Waals surface area contributed by atoms with Gasteiger partial charge in [0.25, 0.3) is 6.47 Å². The third-order valence-corrected chi connectivity index (χ3v) is 5.05. The molecule has 0 aliphatic heterocycles. The normalized spacial score (nSPS) is 13.3. The lowest BCUT2D eigenvalue weighted by atomic mass is 9.97. The van der Waals surface area contributed by atoms with Crippen molar-refractivity contribution in [2.45, 2.75) is 46.2 Å². The van der Waals surface area contributed by atoms with Crippen LogP contribution in [0.3, 0.4) is 0 Å². The van der Waals surface area contributed by atoms with Crippen LogP contribution in [-0.2, 0) is 24.0 Å². The molecule has 37 heavy (non-hydrogen) atoms. The Morgan fingerprint density at radius 2 is 1.35 bits per heavy atom. The van der Waals surface area contributed by atoms with Gasteiger partial charge in [0.1, 0.15) is 0 Å². The summed E-state index contributed by atoms with van der Waals surface area (Å²) in [5.41, 5.74) is 1.92. The number of carbonyl (C=O) groups is 5. The summed E-state index contributed by atoms with van der Waals surface area (Å²) >= 11 is 0. The van der Waals surface area contributed by atoms with Gasteiger partial charge in [-0.05, 0) is 31.9 Å². The van der Waals surface area contributed by atoms with Crippen LogP contribution in [0.1, 0.15) is 40.0 Å². The van der Waals surface area contributed by atoms with Crippen LogP contribution < -0.4 is 5.32 Å². The van der Waals surface area contributed by atoms with Crippen molar-refractivity contribution < 1.29 is 49.5 Å². The lowest BCUT2D eigenvalue weighted by Gasteiger charge is -2.40. The second-order valence-electron chi connectivity index (χ2n) is 7.57. The second-order valence-corrected chi connectivity index (χ2v) is 7.57. The number of rotatable bonds is 16. The van der Waals surface area contributed by atoms with Gasteiger partial charge in [-0.15, -0.1) is 0 Å². The number of hydrogen-bond donors (Lipinski definition) is 6. The minimum absolute atomic E-state index is 0.0829. The first-order valence-electron chi connectivity index (χ1n) is 11.7. The molecule has 1 rings (SSSR count). The number of likely N-dealkylation sites (N-methyl/N-ethyl adjacent to an activating group) is 1. The van der Waals surface area contributed by atoms with Gasteiger partial charge in [-0.2, -0.15) is 0 Å². The zero-order valence-corrected chi connectivity index (χ0v) is 21.8. The summed E-state index contributed by atoms with van der Waals surface area (Å²) < 4.78 is 0. The maximum atomic E-state index is 11.6. The van der Waals surface area contributed by atoms with Gasteiger partial charge >= 0.3 is 23.9 Å². The Morgan fingerprint density at radius 3 is 1.70 bits per heavy atom. The molecule has 0 saturated carbocycles. The zero-order valence-electron chi connectivity index (χ0n) is 21.8. The topological polar surface area (TPSA) is 208 Å². The number of nitrogens with one attached hydrogen (secondary N) is 1. The first kappa shape index (κ1) is 35.7. The summed E-state index contributed by atoms with van der Waals surface area (Å²) in [7, 11) is 1.80. The number of carboxylic acid groups (broad SMARTS) is 5. The van der Waals surface area contributed by atoms with Gasteiger partial charge in [-0.1, -0.05) is 32.4 Å². The fourth-order valence-electron chi connectivity index (χ4n) is 3.53. The molecule has 6 N–H and O–H groups in total. The van der Waals surface area contributed by atoms with E-state index < -0.39 is 49.7 Å². The van der Waals surface area contributed by atoms with E-state index in [-0.39, 0.29) is 26.1 Å². The average Bonchev–Trinajstić information content (AvgIpc) is 2.82. The number of nitrogens with zero attached hydrogens (tertiary/aromatic N) is 3. The van der Waals surface area contributed by atoms with Crippen LogP contribution in [-0.4, -0.2) is 123 Å². The predicted molar refractivity (Wildman–Crippen MR) is 134 cm³/mol. The van der Waals surface area contributed by atoms with Crippen LogP contribution in [0.25, 0.3) is 0 Å². The molecule has 0 bridgehead atoms. The summed E-state index contributed by atoms with van der Waals surface area (Å²) in [6, 6.07) is 0. The largest absolute Gasteiger partial charge is 0.483 e. The molecule has 0 aromatic heterocycles. The molecule has 14 heteroatoms. The number of allylic oxidation sites excluding steroid dienone is 3. The SMILES string of the molecule is CC.CCN(CC(=O)O)CN(CC(=O)O)C(CC1=CC=C(NC)CC1)N(CC(=O)O)CC(=O)O.O=CO. The molecule has 0 aromatic carbocycles. The molecule has 14 nitrogen and oxygen atoms in total. The Bertz CT molecular complexity index is 784. The van der Waals surface area contributed by atoms with Gasteiger partial charge in [0.05, 0.1) is 39.0 Å². The Morgan fingerprint density at radius 1 is 0.892 bits per heavy atom. The summed E-state index contributed by atoms with van der Waals surface area (Å²) in [6.07, 6.45) is 4.43. The Kier molecular flexibility index (Phi) is 19.9. The third kappa shape index (κ3) is 16.7. The van der Waals surface area contributed by atoms with Gasteiger partial charge < -0.3 is 30.8 Å². The predicted octanol–water partition coefficient (Wildman–Crippen LogP) is 0.475. The Labute approximate surface area is 216 Å². The molecule has 1 aliphatic carbocycles. The quantitative estimate of drug-likeness (QED) is 0.118. The molecule has 0 saturated heterocycles. The van der Waals surface area contributed by atoms with Crippen LogP contribution in [0, 0.1) is 0 Å². The Balaban J connectivity index is 0. The van der Waals surface area contributed by atoms with Crippen LogP contribution in [0.15, 0.2) is 23.4 Å². The number of hydrogen-bond acceptors (Lipinski definition) is 9. The molecule has 0 aromatic rings. The molecule has 1 atom stereocenters. The molecule has 1 unspecified atom stereocenters. The minimum atomic E-state index is -1.25. The van der Waals surface area contributed by atoms with Crippen molar-refractivity contribution >= 4 is 30.3 Å². The monoisotopic (exact) mass is 532 g/mol. The fraction of sp³-hybridized carbons (Fsp3) is 0.609. The number of carboxylic acids is 4. The van der Waals surface area contributed by atoms with Crippen LogP contribution in [0.4, 0.5) is 0 Å². The third-order valence-electron chi connectivity index (χ3n) is 5.05. The summed E-state index contributed by atoms with van der Waals surface area (Å²) in [6.45, 7) is 3.63. The van der Waals surface area contributed by atoms with Gasteiger partial charge in [0, 0.05) is 12.7 Å². The molecule has 0 amide bonds. The van der Waals surface area contributed by atoms with Crippen molar-refractivity contribution in [2.75, 3.05) is 46.4 Å². The lowest BCUT2D eigenvalue weighted by molar-refractivity contribution is -0.147. The maximum Gasteiger partial charge on any atom is 0.317 e. The van der Waals surface area contributed by atoms with Crippen molar-refractivity contribution in [1.82, 2.24) is 20.0 Å². The van der Waals surface area contributed by atoms with Crippen molar-refractivity contribution in [3.63, 3.8) is 0 Å². The van der Waals surface area contributed by atoms with Gasteiger partial charge in [0.15, 0.2) is 0 Å². The van der Waals surface area contributed by atoms with E-state index in [0.717, 1.165) is 11.3 Å². The molecule has 0 fully saturated rings. The van der Waals surface area contributed by atoms with Crippen LogP contribution in [0.2, 0.25) is 0 Å². The van der Waals surface area contributed by atoms with Crippen molar-refractivity contribution in [1.29, 1.82) is 0 Å². The highest BCUT2D eigenvalue weighted by atomic mass is 16.4. The minimum Gasteiger partial charge on any atom is -0.483 e. The van der Waals surface area contributed by atoms with Crippen molar-refractivity contribution in [3.05, 3.63) is 23.4 Å². The molecule has 212 valence electrons. The van der Waals surface area contributed by atoms with Crippen LogP contribution >= 0.6 is 0 Å². The first-order chi connectivity index (χ1) is 17.5. The van der Waals surface area contributed by atoms with Crippen molar-refractivity contribution in [3.8, 4) is 0 Å². The first-order valence-corrected chi connectivity index (χ1v) is 11.7. The molecule has 0 radical (unpaired) electrons. The van der Waals surface area contributed by atoms with Gasteiger partial charge in [-0.25, -0.2) is 0 Å². The summed E-state index contributed by atoms with van der Waals surface area (Å²) in [5, 5.41) is 47.2. The fourth-order valence-corrected chi connectivity index (χ4v) is 3.53. The van der Waals surface area contributed by atoms with E-state index >= 15 is 0 Å². The van der Waals surface area contributed by atoms with Gasteiger partial charge in [-0.3, -0.25) is 38.7 Å². The van der Waals surface area contributed by atoms with Crippen LogP contribution in [0.5, 0.6) is 0 Å². The highest BCUT2D eigenvalue weighted by molar-refractivity contribution is 5.73. The molecule has 1 aliphatic rings. The maximum absolute atomic E-state index is 11.6. The zero-order chi connectivity index (χ0) is 29.0. The molecular formula is C23H40N4O10.